The molecule has 0 aliphatic heterocycles. The summed E-state index contributed by atoms with van der Waals surface area (Å²) in [5, 5.41) is 12.5. The molecule has 2 rings (SSSR count). The third-order valence-electron chi connectivity index (χ3n) is 5.44. The van der Waals surface area contributed by atoms with Crippen molar-refractivity contribution < 1.29 is 28.6 Å². The molecule has 222 valence electrons. The highest BCUT2D eigenvalue weighted by Gasteiger charge is 2.27. The van der Waals surface area contributed by atoms with Gasteiger partial charge in [0.05, 0.1) is 37.5 Å². The van der Waals surface area contributed by atoms with Gasteiger partial charge in [0.15, 0.2) is 5.84 Å². The van der Waals surface area contributed by atoms with Gasteiger partial charge in [-0.3, -0.25) is 9.79 Å². The van der Waals surface area contributed by atoms with Crippen LogP contribution in [-0.2, 0) is 25.6 Å². The van der Waals surface area contributed by atoms with Gasteiger partial charge in [0.25, 0.3) is 0 Å². The summed E-state index contributed by atoms with van der Waals surface area (Å²) in [6, 6.07) is 17.4. The zero-order valence-corrected chi connectivity index (χ0v) is 23.5. The molecule has 0 fully saturated rings. The summed E-state index contributed by atoms with van der Waals surface area (Å²) in [6.45, 7) is 4.02. The van der Waals surface area contributed by atoms with Crippen molar-refractivity contribution in [3.63, 3.8) is 0 Å². The van der Waals surface area contributed by atoms with E-state index in [4.69, 9.17) is 25.8 Å². The Morgan fingerprint density at radius 3 is 2.29 bits per heavy atom. The van der Waals surface area contributed by atoms with Crippen LogP contribution < -0.4 is 22.2 Å². The lowest BCUT2D eigenvalue weighted by Gasteiger charge is -2.23. The van der Waals surface area contributed by atoms with Gasteiger partial charge in [-0.1, -0.05) is 53.8 Å². The van der Waals surface area contributed by atoms with Crippen LogP contribution in [0.1, 0.15) is 42.6 Å². The first-order chi connectivity index (χ1) is 19.7. The molecular weight excluding hydrogens is 530 g/mol. The fraction of sp³-hybridized carbons (Fsp3) is 0.429. The minimum Gasteiger partial charge on any atom is -0.462 e. The van der Waals surface area contributed by atoms with E-state index in [1.807, 2.05) is 36.4 Å². The van der Waals surface area contributed by atoms with E-state index in [1.165, 1.54) is 0 Å². The number of amides is 2. The second kappa shape index (κ2) is 18.1. The number of carbonyl (C=O) groups excluding carboxylic acids is 3. The SMILES string of the molecule is CC(C)(N)C(=O)N[C@H](COCc1ccccc1)C(N=NN)=NCCOC(=O)NCCCCOC(=O)c1ccccc1. The molecule has 0 heterocycles. The van der Waals surface area contributed by atoms with Crippen LogP contribution in [0.3, 0.4) is 0 Å². The van der Waals surface area contributed by atoms with Gasteiger partial charge in [0.2, 0.25) is 5.91 Å². The highest BCUT2D eigenvalue weighted by molar-refractivity contribution is 5.94. The number of nitrogens with two attached hydrogens (primary N) is 2. The smallest absolute Gasteiger partial charge is 0.407 e. The maximum atomic E-state index is 12.5. The second-order valence-electron chi connectivity index (χ2n) is 9.48. The molecule has 41 heavy (non-hydrogen) atoms. The molecule has 0 aliphatic carbocycles. The van der Waals surface area contributed by atoms with Crippen LogP contribution in [0.2, 0.25) is 0 Å². The van der Waals surface area contributed by atoms with Crippen molar-refractivity contribution in [3.8, 4) is 0 Å². The Morgan fingerprint density at radius 1 is 0.951 bits per heavy atom. The van der Waals surface area contributed by atoms with Crippen molar-refractivity contribution in [2.24, 2.45) is 26.9 Å². The van der Waals surface area contributed by atoms with Crippen molar-refractivity contribution in [1.82, 2.24) is 10.6 Å². The van der Waals surface area contributed by atoms with Crippen molar-refractivity contribution in [3.05, 3.63) is 71.8 Å². The molecule has 13 nitrogen and oxygen atoms in total. The highest BCUT2D eigenvalue weighted by atomic mass is 16.5. The molecule has 2 amide bonds. The first-order valence-corrected chi connectivity index (χ1v) is 13.2. The Labute approximate surface area is 239 Å². The Morgan fingerprint density at radius 2 is 1.63 bits per heavy atom. The van der Waals surface area contributed by atoms with E-state index in [9.17, 15) is 14.4 Å². The third kappa shape index (κ3) is 13.5. The maximum absolute atomic E-state index is 12.5. The van der Waals surface area contributed by atoms with Gasteiger partial charge >= 0.3 is 12.1 Å². The lowest BCUT2D eigenvalue weighted by molar-refractivity contribution is -0.125. The topological polar surface area (TPSA) is 192 Å². The number of nitrogens with zero attached hydrogens (tertiary/aromatic N) is 3. The molecule has 0 spiro atoms. The molecule has 2 aromatic rings. The summed E-state index contributed by atoms with van der Waals surface area (Å²) in [6.07, 6.45) is 0.554. The second-order valence-corrected chi connectivity index (χ2v) is 9.48. The summed E-state index contributed by atoms with van der Waals surface area (Å²) >= 11 is 0. The number of benzene rings is 2. The quantitative estimate of drug-likeness (QED) is 0.0450. The van der Waals surface area contributed by atoms with Gasteiger partial charge in [0.1, 0.15) is 12.6 Å². The van der Waals surface area contributed by atoms with Crippen LogP contribution in [-0.4, -0.2) is 68.3 Å². The van der Waals surface area contributed by atoms with E-state index in [-0.39, 0.29) is 38.2 Å². The van der Waals surface area contributed by atoms with Crippen molar-refractivity contribution in [2.75, 3.05) is 32.9 Å². The molecular formula is C28H39N7O6. The molecule has 0 unspecified atom stereocenters. The maximum Gasteiger partial charge on any atom is 0.407 e. The van der Waals surface area contributed by atoms with E-state index in [2.05, 4.69) is 26.0 Å². The minimum absolute atomic E-state index is 0.0244. The lowest BCUT2D eigenvalue weighted by Crippen LogP contribution is -2.55. The summed E-state index contributed by atoms with van der Waals surface area (Å²) in [5.74, 6) is 4.52. The third-order valence-corrected chi connectivity index (χ3v) is 5.44. The normalized spacial score (nSPS) is 12.5. The molecule has 2 aromatic carbocycles. The van der Waals surface area contributed by atoms with E-state index in [0.717, 1.165) is 5.56 Å². The summed E-state index contributed by atoms with van der Waals surface area (Å²) in [4.78, 5) is 40.7. The van der Waals surface area contributed by atoms with E-state index in [1.54, 1.807) is 38.1 Å². The number of alkyl carbamates (subject to hydrolysis) is 1. The number of unbranched alkanes of at least 4 members (excludes halogenated alkanes) is 1. The number of ether oxygens (including phenoxy) is 3. The number of aliphatic imine (C=N–C) groups is 1. The van der Waals surface area contributed by atoms with Crippen LogP contribution in [0.15, 0.2) is 76.0 Å². The van der Waals surface area contributed by atoms with E-state index in [0.29, 0.717) is 31.6 Å². The van der Waals surface area contributed by atoms with Crippen molar-refractivity contribution in [1.29, 1.82) is 0 Å². The minimum atomic E-state index is -1.16. The number of hydrogen-bond donors (Lipinski definition) is 4. The highest BCUT2D eigenvalue weighted by Crippen LogP contribution is 2.05. The van der Waals surface area contributed by atoms with E-state index < -0.39 is 23.6 Å². The average Bonchev–Trinajstić information content (AvgIpc) is 2.96. The number of esters is 1. The van der Waals surface area contributed by atoms with Crippen LogP contribution >= 0.6 is 0 Å². The lowest BCUT2D eigenvalue weighted by atomic mass is 10.1. The molecule has 0 radical (unpaired) electrons. The Balaban J connectivity index is 1.77. The van der Waals surface area contributed by atoms with Gasteiger partial charge in [-0.05, 0) is 44.4 Å². The first kappa shape index (κ1) is 32.8. The summed E-state index contributed by atoms with van der Waals surface area (Å²) in [7, 11) is 0. The van der Waals surface area contributed by atoms with Crippen molar-refractivity contribution in [2.45, 2.75) is 44.9 Å². The predicted molar refractivity (Wildman–Crippen MR) is 153 cm³/mol. The van der Waals surface area contributed by atoms with Gasteiger partial charge < -0.3 is 36.4 Å². The Bertz CT molecular complexity index is 1140. The van der Waals surface area contributed by atoms with Crippen LogP contribution in [0.4, 0.5) is 4.79 Å². The van der Waals surface area contributed by atoms with E-state index >= 15 is 0 Å². The number of nitrogens with one attached hydrogen (secondary N) is 2. The standard InChI is InChI=1S/C28H39N7O6/c1-28(2,29)26(37)33-23(20-39-19-21-11-5-3-6-12-21)24(34-35-30)31-16-18-41-27(38)32-15-9-10-17-40-25(36)22-13-7-4-8-14-22/h3-8,11-14,23H,9-10,15-20,29H2,1-2H3,(H,32,38)(H,33,37)(H2,30,31,34)/t23-/m1/s1. The largest absolute Gasteiger partial charge is 0.462 e. The molecule has 6 N–H and O–H groups in total. The summed E-state index contributed by atoms with van der Waals surface area (Å²) in [5.41, 5.74) is 6.20. The number of carbonyl (C=O) groups is 3. The molecule has 13 heteroatoms. The van der Waals surface area contributed by atoms with Gasteiger partial charge in [-0.25, -0.2) is 9.59 Å². The average molecular weight is 570 g/mol. The molecule has 1 atom stereocenters. The number of rotatable bonds is 16. The Kier molecular flexibility index (Phi) is 14.5. The van der Waals surface area contributed by atoms with Crippen molar-refractivity contribution >= 4 is 23.8 Å². The molecule has 0 bridgehead atoms. The summed E-state index contributed by atoms with van der Waals surface area (Å²) < 4.78 is 16.1. The van der Waals surface area contributed by atoms with Crippen LogP contribution in [0.5, 0.6) is 0 Å². The molecule has 0 aliphatic rings. The zero-order valence-electron chi connectivity index (χ0n) is 23.5. The van der Waals surface area contributed by atoms with Crippen LogP contribution in [0, 0.1) is 0 Å². The molecule has 0 saturated carbocycles. The number of amidine groups is 1. The molecule has 0 aromatic heterocycles. The monoisotopic (exact) mass is 569 g/mol. The Hall–Kier alpha value is -4.36. The zero-order chi connectivity index (χ0) is 29.9. The van der Waals surface area contributed by atoms with Gasteiger partial charge in [0, 0.05) is 6.54 Å². The fourth-order valence-electron chi connectivity index (χ4n) is 3.25. The van der Waals surface area contributed by atoms with Gasteiger partial charge in [-0.15, -0.1) is 5.11 Å². The predicted octanol–water partition coefficient (Wildman–Crippen LogP) is 2.51. The van der Waals surface area contributed by atoms with Crippen LogP contribution in [0.25, 0.3) is 0 Å². The number of hydrogen-bond acceptors (Lipinski definition) is 9. The molecule has 0 saturated heterocycles. The fourth-order valence-corrected chi connectivity index (χ4v) is 3.25. The first-order valence-electron chi connectivity index (χ1n) is 13.2. The van der Waals surface area contributed by atoms with Gasteiger partial charge in [-0.2, -0.15) is 0 Å².